The molecule has 0 aliphatic carbocycles. The molecule has 8 heteroatoms. The number of esters is 1. The van der Waals surface area contributed by atoms with Gasteiger partial charge in [0.05, 0.1) is 26.1 Å². The first-order valence-corrected chi connectivity index (χ1v) is 13.5. The molecule has 162 valence electrons. The summed E-state index contributed by atoms with van der Waals surface area (Å²) in [6.45, 7) is 6.27. The predicted octanol–water partition coefficient (Wildman–Crippen LogP) is 1.66. The summed E-state index contributed by atoms with van der Waals surface area (Å²) in [4.78, 5) is 12.3. The molecule has 1 heterocycles. The Bertz CT molecular complexity index is 944. The molecule has 0 spiro atoms. The molecule has 2 aromatic carbocycles. The zero-order valence-electron chi connectivity index (χ0n) is 17.8. The van der Waals surface area contributed by atoms with E-state index in [1.807, 2.05) is 60.7 Å². The van der Waals surface area contributed by atoms with E-state index in [1.54, 1.807) is 0 Å². The standard InChI is InChI=1S/C22H29NO5SSi/c1-21(2,3)30(18-11-7-5-8-12-18,19-13-9-6-10-14-19)23-29(25,26)17-22(15-28-16-22)20(24)27-4/h5-14,23H,15-17H2,1-4H3. The van der Waals surface area contributed by atoms with Crippen molar-refractivity contribution in [2.75, 3.05) is 26.1 Å². The fourth-order valence-electron chi connectivity index (χ4n) is 4.14. The van der Waals surface area contributed by atoms with Crippen LogP contribution < -0.4 is 14.8 Å². The van der Waals surface area contributed by atoms with E-state index in [4.69, 9.17) is 9.47 Å². The van der Waals surface area contributed by atoms with Crippen LogP contribution in [0.3, 0.4) is 0 Å². The van der Waals surface area contributed by atoms with Crippen LogP contribution in [-0.2, 0) is 24.3 Å². The van der Waals surface area contributed by atoms with Crippen LogP contribution in [-0.4, -0.2) is 48.7 Å². The molecule has 0 radical (unpaired) electrons. The summed E-state index contributed by atoms with van der Waals surface area (Å²) in [6, 6.07) is 19.5. The summed E-state index contributed by atoms with van der Waals surface area (Å²) in [5, 5.41) is 1.53. The summed E-state index contributed by atoms with van der Waals surface area (Å²) < 4.78 is 40.2. The summed E-state index contributed by atoms with van der Waals surface area (Å²) in [5.41, 5.74) is -1.16. The van der Waals surface area contributed by atoms with Gasteiger partial charge in [0.15, 0.2) is 0 Å². The molecule has 1 aliphatic heterocycles. The minimum absolute atomic E-state index is 0.0430. The molecule has 1 fully saturated rings. The lowest BCUT2D eigenvalue weighted by atomic mass is 9.89. The number of carbonyl (C=O) groups excluding carboxylic acids is 1. The molecule has 0 unspecified atom stereocenters. The molecule has 0 bridgehead atoms. The summed E-state index contributed by atoms with van der Waals surface area (Å²) >= 11 is 0. The molecular formula is C22H29NO5SSi. The highest BCUT2D eigenvalue weighted by molar-refractivity contribution is 7.91. The van der Waals surface area contributed by atoms with E-state index in [1.165, 1.54) is 7.11 Å². The van der Waals surface area contributed by atoms with Gasteiger partial charge in [0.25, 0.3) is 0 Å². The van der Waals surface area contributed by atoms with Gasteiger partial charge in [-0.05, 0) is 15.4 Å². The Kier molecular flexibility index (Phi) is 6.24. The minimum Gasteiger partial charge on any atom is -0.468 e. The molecule has 6 nitrogen and oxygen atoms in total. The highest BCUT2D eigenvalue weighted by atomic mass is 32.2. The highest BCUT2D eigenvalue weighted by Crippen LogP contribution is 2.36. The highest BCUT2D eigenvalue weighted by Gasteiger charge is 2.55. The largest absolute Gasteiger partial charge is 0.468 e. The number of carbonyl (C=O) groups is 1. The Morgan fingerprint density at radius 3 is 1.83 bits per heavy atom. The van der Waals surface area contributed by atoms with Gasteiger partial charge in [0.1, 0.15) is 5.41 Å². The van der Waals surface area contributed by atoms with E-state index in [0.29, 0.717) is 0 Å². The fraction of sp³-hybridized carbons (Fsp3) is 0.409. The molecule has 1 saturated heterocycles. The van der Waals surface area contributed by atoms with Crippen LogP contribution in [0, 0.1) is 5.41 Å². The Balaban J connectivity index is 2.13. The number of nitrogens with one attached hydrogen (secondary N) is 1. The first-order valence-electron chi connectivity index (χ1n) is 9.85. The van der Waals surface area contributed by atoms with E-state index >= 15 is 0 Å². The number of sulfonamides is 1. The van der Waals surface area contributed by atoms with Crippen molar-refractivity contribution in [2.45, 2.75) is 25.8 Å². The third-order valence-electron chi connectivity index (χ3n) is 5.69. The maximum atomic E-state index is 13.5. The van der Waals surface area contributed by atoms with E-state index in [-0.39, 0.29) is 19.0 Å². The van der Waals surface area contributed by atoms with Crippen molar-refractivity contribution >= 4 is 34.6 Å². The van der Waals surface area contributed by atoms with Crippen LogP contribution in [0.1, 0.15) is 20.8 Å². The molecule has 2 aromatic rings. The van der Waals surface area contributed by atoms with E-state index in [9.17, 15) is 13.2 Å². The lowest BCUT2D eigenvalue weighted by molar-refractivity contribution is -0.178. The number of benzene rings is 2. The van der Waals surface area contributed by atoms with Gasteiger partial charge in [0.2, 0.25) is 18.3 Å². The first kappa shape index (κ1) is 22.7. The topological polar surface area (TPSA) is 81.7 Å². The zero-order valence-corrected chi connectivity index (χ0v) is 19.7. The number of hydrogen-bond donors (Lipinski definition) is 1. The van der Waals surface area contributed by atoms with Crippen molar-refractivity contribution in [3.8, 4) is 0 Å². The van der Waals surface area contributed by atoms with Crippen molar-refractivity contribution in [3.05, 3.63) is 60.7 Å². The molecule has 3 rings (SSSR count). The number of methoxy groups -OCH3 is 1. The van der Waals surface area contributed by atoms with E-state index in [2.05, 4.69) is 25.2 Å². The molecule has 30 heavy (non-hydrogen) atoms. The second-order valence-corrected chi connectivity index (χ2v) is 15.3. The Hall–Kier alpha value is -2.00. The Labute approximate surface area is 179 Å². The fourth-order valence-corrected chi connectivity index (χ4v) is 12.9. The zero-order chi connectivity index (χ0) is 22.0. The second kappa shape index (κ2) is 8.26. The molecule has 1 aliphatic rings. The second-order valence-electron chi connectivity index (χ2n) is 8.86. The third-order valence-corrected chi connectivity index (χ3v) is 13.7. The van der Waals surface area contributed by atoms with Crippen molar-refractivity contribution in [2.24, 2.45) is 5.41 Å². The Morgan fingerprint density at radius 1 is 1.03 bits per heavy atom. The van der Waals surface area contributed by atoms with E-state index < -0.39 is 34.7 Å². The van der Waals surface area contributed by atoms with Gasteiger partial charge in [-0.1, -0.05) is 81.4 Å². The van der Waals surface area contributed by atoms with Crippen molar-refractivity contribution in [1.29, 1.82) is 0 Å². The molecule has 0 aromatic heterocycles. The third kappa shape index (κ3) is 4.09. The van der Waals surface area contributed by atoms with Crippen LogP contribution in [0.5, 0.6) is 0 Å². The van der Waals surface area contributed by atoms with Gasteiger partial charge in [-0.3, -0.25) is 4.79 Å². The smallest absolute Gasteiger partial charge is 0.317 e. The monoisotopic (exact) mass is 447 g/mol. The van der Waals surface area contributed by atoms with Gasteiger partial charge < -0.3 is 9.47 Å². The predicted molar refractivity (Wildman–Crippen MR) is 120 cm³/mol. The summed E-state index contributed by atoms with van der Waals surface area (Å²) in [5.74, 6) is -0.918. The summed E-state index contributed by atoms with van der Waals surface area (Å²) in [7, 11) is -5.64. The molecular weight excluding hydrogens is 418 g/mol. The number of ether oxygens (including phenoxy) is 2. The maximum Gasteiger partial charge on any atom is 0.317 e. The van der Waals surface area contributed by atoms with Gasteiger partial charge in [-0.25, -0.2) is 12.8 Å². The molecule has 0 amide bonds. The average molecular weight is 448 g/mol. The SMILES string of the molecule is COC(=O)C1(CS(=O)(=O)N[Si](c2ccccc2)(c2ccccc2)C(C)(C)C)COC1. The number of hydrogen-bond acceptors (Lipinski definition) is 5. The minimum atomic E-state index is -3.86. The molecule has 0 saturated carbocycles. The van der Waals surface area contributed by atoms with Crippen molar-refractivity contribution in [3.63, 3.8) is 0 Å². The van der Waals surface area contributed by atoms with Crippen molar-refractivity contribution in [1.82, 2.24) is 4.39 Å². The van der Waals surface area contributed by atoms with Crippen LogP contribution in [0.4, 0.5) is 0 Å². The van der Waals surface area contributed by atoms with Crippen LogP contribution in [0.25, 0.3) is 0 Å². The van der Waals surface area contributed by atoms with Gasteiger partial charge in [0, 0.05) is 0 Å². The van der Waals surface area contributed by atoms with Crippen LogP contribution in [0.2, 0.25) is 5.04 Å². The Morgan fingerprint density at radius 2 is 1.50 bits per heavy atom. The summed E-state index contributed by atoms with van der Waals surface area (Å²) in [6.07, 6.45) is 0. The van der Waals surface area contributed by atoms with Crippen molar-refractivity contribution < 1.29 is 22.7 Å². The van der Waals surface area contributed by atoms with Crippen LogP contribution >= 0.6 is 0 Å². The average Bonchev–Trinajstić information content (AvgIpc) is 2.69. The van der Waals surface area contributed by atoms with Crippen LogP contribution in [0.15, 0.2) is 60.7 Å². The van der Waals surface area contributed by atoms with Gasteiger partial charge in [-0.15, -0.1) is 0 Å². The normalized spacial score (nSPS) is 16.5. The first-order chi connectivity index (χ1) is 14.1. The van der Waals surface area contributed by atoms with E-state index in [0.717, 1.165) is 10.4 Å². The van der Waals surface area contributed by atoms with Gasteiger partial charge >= 0.3 is 5.97 Å². The number of rotatable bonds is 7. The molecule has 0 atom stereocenters. The lowest BCUT2D eigenvalue weighted by Gasteiger charge is -2.45. The molecule has 1 N–H and O–H groups in total. The van der Waals surface area contributed by atoms with Gasteiger partial charge in [-0.2, -0.15) is 0 Å². The quantitative estimate of drug-likeness (QED) is 0.516. The lowest BCUT2D eigenvalue weighted by Crippen LogP contribution is -2.75. The maximum absolute atomic E-state index is 13.5.